The molecule has 3 heterocycles. The molecule has 0 atom stereocenters. The van der Waals surface area contributed by atoms with E-state index in [-0.39, 0.29) is 16.4 Å². The second-order valence-electron chi connectivity index (χ2n) is 10.2. The molecule has 28 heavy (non-hydrogen) atoms. The molecule has 0 saturated carbocycles. The van der Waals surface area contributed by atoms with Crippen LogP contribution < -0.4 is 4.74 Å². The summed E-state index contributed by atoms with van der Waals surface area (Å²) < 4.78 is 8.74. The molecule has 1 aliphatic rings. The van der Waals surface area contributed by atoms with Gasteiger partial charge in [0.1, 0.15) is 17.0 Å². The van der Waals surface area contributed by atoms with Crippen molar-refractivity contribution in [1.29, 1.82) is 0 Å². The zero-order valence-electron chi connectivity index (χ0n) is 17.8. The lowest BCUT2D eigenvalue weighted by Gasteiger charge is -2.33. The van der Waals surface area contributed by atoms with Gasteiger partial charge in [-0.2, -0.15) is 0 Å². The predicted octanol–water partition coefficient (Wildman–Crippen LogP) is 6.39. The number of benzene rings is 2. The van der Waals surface area contributed by atoms with Crippen LogP contribution >= 0.6 is 0 Å². The fourth-order valence-corrected chi connectivity index (χ4v) is 4.42. The van der Waals surface area contributed by atoms with Gasteiger partial charge in [0.05, 0.1) is 11.0 Å². The molecule has 4 aromatic rings. The molecule has 3 nitrogen and oxygen atoms in total. The normalized spacial score (nSPS) is 18.0. The Bertz CT molecular complexity index is 1270. The van der Waals surface area contributed by atoms with Gasteiger partial charge < -0.3 is 4.74 Å². The third-order valence-corrected chi connectivity index (χ3v) is 6.80. The molecule has 1 aliphatic heterocycles. The highest BCUT2D eigenvalue weighted by molar-refractivity contribution is 5.99. The highest BCUT2D eigenvalue weighted by Crippen LogP contribution is 2.50. The minimum absolute atomic E-state index is 0.00563. The van der Waals surface area contributed by atoms with Gasteiger partial charge in [-0.3, -0.25) is 4.40 Å². The van der Waals surface area contributed by atoms with Crippen LogP contribution in [-0.4, -0.2) is 15.0 Å². The Labute approximate surface area is 166 Å². The van der Waals surface area contributed by atoms with E-state index in [2.05, 4.69) is 95.3 Å². The molecule has 0 N–H and O–H groups in total. The van der Waals surface area contributed by atoms with Crippen molar-refractivity contribution in [2.75, 3.05) is 0 Å². The third-order valence-electron chi connectivity index (χ3n) is 6.80. The Morgan fingerprint density at radius 2 is 1.68 bits per heavy atom. The van der Waals surface area contributed by atoms with Crippen LogP contribution in [0, 0.1) is 0 Å². The van der Waals surface area contributed by atoms with Gasteiger partial charge in [-0.25, -0.2) is 4.98 Å². The summed E-state index contributed by atoms with van der Waals surface area (Å²) in [7, 11) is 0. The first-order chi connectivity index (χ1) is 13.0. The lowest BCUT2D eigenvalue weighted by atomic mass is 9.74. The van der Waals surface area contributed by atoms with Crippen LogP contribution in [0.3, 0.4) is 0 Å². The summed E-state index contributed by atoms with van der Waals surface area (Å²) in [6.07, 6.45) is 0. The Hall–Kier alpha value is -2.55. The first-order valence-corrected chi connectivity index (χ1v) is 10.1. The number of rotatable bonds is 0. The zero-order valence-corrected chi connectivity index (χ0v) is 17.8. The van der Waals surface area contributed by atoms with E-state index >= 15 is 0 Å². The Morgan fingerprint density at radius 3 is 2.39 bits per heavy atom. The maximum atomic E-state index is 6.41. The van der Waals surface area contributed by atoms with E-state index in [1.54, 1.807) is 0 Å². The Morgan fingerprint density at radius 1 is 0.964 bits per heavy atom. The predicted molar refractivity (Wildman–Crippen MR) is 117 cm³/mol. The number of ether oxygens (including phenoxy) is 1. The monoisotopic (exact) mass is 372 g/mol. The molecule has 0 fully saturated rings. The highest BCUT2D eigenvalue weighted by atomic mass is 16.5. The van der Waals surface area contributed by atoms with Gasteiger partial charge in [0.25, 0.3) is 0 Å². The Balaban J connectivity index is 1.95. The molecule has 5 rings (SSSR count). The summed E-state index contributed by atoms with van der Waals surface area (Å²) in [5.74, 6) is 0.984. The van der Waals surface area contributed by atoms with Gasteiger partial charge in [-0.15, -0.1) is 0 Å². The number of hydrogen-bond donors (Lipinski definition) is 0. The zero-order chi connectivity index (χ0) is 20.1. The quantitative estimate of drug-likeness (QED) is 0.358. The summed E-state index contributed by atoms with van der Waals surface area (Å²) in [5, 5.41) is 2.42. The average Bonchev–Trinajstić information content (AvgIpc) is 3.05. The smallest absolute Gasteiger partial charge is 0.146 e. The first kappa shape index (κ1) is 17.5. The molecule has 0 aliphatic carbocycles. The standard InChI is InChI=1S/C25H28N2O/c1-23(2,3)21-12-15-10-8-9-11-16(15)22-26-18-13-17-20(14-19(18)27(21)22)28-25(6,7)24(17,4)5/h8-14H,1-7H3. The van der Waals surface area contributed by atoms with Crippen LogP contribution in [0.25, 0.3) is 27.5 Å². The largest absolute Gasteiger partial charge is 0.487 e. The molecule has 2 aromatic carbocycles. The van der Waals surface area contributed by atoms with Crippen molar-refractivity contribution in [3.05, 3.63) is 53.7 Å². The molecule has 0 unspecified atom stereocenters. The van der Waals surface area contributed by atoms with E-state index in [0.717, 1.165) is 22.4 Å². The lowest BCUT2D eigenvalue weighted by Crippen LogP contribution is -2.41. The van der Waals surface area contributed by atoms with Crippen molar-refractivity contribution >= 4 is 27.5 Å². The van der Waals surface area contributed by atoms with Gasteiger partial charge in [0, 0.05) is 33.5 Å². The van der Waals surface area contributed by atoms with E-state index in [1.165, 1.54) is 22.0 Å². The molecular weight excluding hydrogens is 344 g/mol. The van der Waals surface area contributed by atoms with Crippen LogP contribution in [0.4, 0.5) is 0 Å². The van der Waals surface area contributed by atoms with Crippen molar-refractivity contribution in [1.82, 2.24) is 9.38 Å². The minimum Gasteiger partial charge on any atom is -0.487 e. The summed E-state index contributed by atoms with van der Waals surface area (Å²) in [6.45, 7) is 15.6. The van der Waals surface area contributed by atoms with Gasteiger partial charge in [0.15, 0.2) is 0 Å². The van der Waals surface area contributed by atoms with Crippen LogP contribution in [-0.2, 0) is 10.8 Å². The molecule has 0 amide bonds. The number of imidazole rings is 1. The molecular formula is C25H28N2O. The van der Waals surface area contributed by atoms with Crippen molar-refractivity contribution in [3.8, 4) is 5.75 Å². The fraction of sp³-hybridized carbons (Fsp3) is 0.400. The highest BCUT2D eigenvalue weighted by Gasteiger charge is 2.48. The van der Waals surface area contributed by atoms with Gasteiger partial charge in [0.2, 0.25) is 0 Å². The van der Waals surface area contributed by atoms with E-state index in [0.29, 0.717) is 0 Å². The summed E-state index contributed by atoms with van der Waals surface area (Å²) in [4.78, 5) is 5.12. The molecule has 0 spiro atoms. The van der Waals surface area contributed by atoms with Gasteiger partial charge in [-0.05, 0) is 31.4 Å². The second-order valence-corrected chi connectivity index (χ2v) is 10.2. The third kappa shape index (κ3) is 2.13. The molecule has 0 radical (unpaired) electrons. The number of pyridine rings is 1. The number of aromatic nitrogens is 2. The van der Waals surface area contributed by atoms with Gasteiger partial charge in [-0.1, -0.05) is 58.9 Å². The van der Waals surface area contributed by atoms with E-state index in [4.69, 9.17) is 9.72 Å². The maximum Gasteiger partial charge on any atom is 0.146 e. The maximum absolute atomic E-state index is 6.41. The number of fused-ring (bicyclic) bond motifs is 6. The van der Waals surface area contributed by atoms with Crippen LogP contribution in [0.2, 0.25) is 0 Å². The van der Waals surface area contributed by atoms with Crippen LogP contribution in [0.5, 0.6) is 5.75 Å². The summed E-state index contributed by atoms with van der Waals surface area (Å²) >= 11 is 0. The van der Waals surface area contributed by atoms with E-state index in [1.807, 2.05) is 0 Å². The molecule has 2 aromatic heterocycles. The molecule has 144 valence electrons. The lowest BCUT2D eigenvalue weighted by molar-refractivity contribution is 0.0713. The SMILES string of the molecule is CC(C)(C)c1cc2ccccc2c2nc3cc4c(cc3n12)OC(C)(C)C4(C)C. The Kier molecular flexibility index (Phi) is 3.18. The summed E-state index contributed by atoms with van der Waals surface area (Å²) in [5.41, 5.74) is 5.38. The van der Waals surface area contributed by atoms with Crippen molar-refractivity contribution in [3.63, 3.8) is 0 Å². The molecule has 3 heteroatoms. The minimum atomic E-state index is -0.242. The number of nitrogens with zero attached hydrogens (tertiary/aromatic N) is 2. The summed E-state index contributed by atoms with van der Waals surface area (Å²) in [6, 6.07) is 15.3. The first-order valence-electron chi connectivity index (χ1n) is 10.1. The van der Waals surface area contributed by atoms with Crippen molar-refractivity contribution < 1.29 is 4.74 Å². The van der Waals surface area contributed by atoms with Gasteiger partial charge >= 0.3 is 0 Å². The van der Waals surface area contributed by atoms with E-state index in [9.17, 15) is 0 Å². The fourth-order valence-electron chi connectivity index (χ4n) is 4.42. The topological polar surface area (TPSA) is 26.5 Å². The number of hydrogen-bond acceptors (Lipinski definition) is 2. The molecule has 0 bridgehead atoms. The van der Waals surface area contributed by atoms with Crippen molar-refractivity contribution in [2.24, 2.45) is 0 Å². The molecule has 0 saturated heterocycles. The van der Waals surface area contributed by atoms with Crippen LogP contribution in [0.1, 0.15) is 59.7 Å². The van der Waals surface area contributed by atoms with E-state index < -0.39 is 0 Å². The second kappa shape index (κ2) is 5.08. The average molecular weight is 373 g/mol. The van der Waals surface area contributed by atoms with Crippen LogP contribution in [0.15, 0.2) is 42.5 Å². The van der Waals surface area contributed by atoms with Crippen molar-refractivity contribution in [2.45, 2.75) is 64.9 Å².